The van der Waals surface area contributed by atoms with Gasteiger partial charge in [-0.15, -0.1) is 0 Å². The molecule has 0 aliphatic carbocycles. The van der Waals surface area contributed by atoms with Crippen LogP contribution in [0.15, 0.2) is 6.20 Å². The first-order valence-corrected chi connectivity index (χ1v) is 7.74. The third kappa shape index (κ3) is 2.35. The lowest BCUT2D eigenvalue weighted by Crippen LogP contribution is -2.33. The highest BCUT2D eigenvalue weighted by molar-refractivity contribution is 5.75. The van der Waals surface area contributed by atoms with E-state index in [2.05, 4.69) is 22.6 Å². The number of likely N-dealkylation sites (tertiary alicyclic amines) is 1. The van der Waals surface area contributed by atoms with E-state index in [0.29, 0.717) is 12.5 Å². The predicted molar refractivity (Wildman–Crippen MR) is 75.7 cm³/mol. The normalized spacial score (nSPS) is 27.2. The van der Waals surface area contributed by atoms with Gasteiger partial charge in [0.1, 0.15) is 11.7 Å². The van der Waals surface area contributed by atoms with Crippen molar-refractivity contribution in [3.05, 3.63) is 17.7 Å². The molecule has 1 aromatic rings. The molecule has 110 valence electrons. The summed E-state index contributed by atoms with van der Waals surface area (Å²) in [6.07, 6.45) is 7.39. The largest absolute Gasteiger partial charge is 0.481 e. The van der Waals surface area contributed by atoms with Crippen molar-refractivity contribution in [3.8, 4) is 0 Å². The Morgan fingerprint density at radius 2 is 2.20 bits per heavy atom. The summed E-state index contributed by atoms with van der Waals surface area (Å²) in [5.41, 5.74) is 1.08. The molecule has 0 aromatic carbocycles. The molecule has 2 atom stereocenters. The van der Waals surface area contributed by atoms with Crippen molar-refractivity contribution in [3.63, 3.8) is 0 Å². The zero-order valence-electron chi connectivity index (χ0n) is 12.1. The quantitative estimate of drug-likeness (QED) is 0.921. The molecule has 5 nitrogen and oxygen atoms in total. The van der Waals surface area contributed by atoms with Gasteiger partial charge in [-0.2, -0.15) is 0 Å². The molecule has 3 rings (SSSR count). The Morgan fingerprint density at radius 3 is 2.95 bits per heavy atom. The summed E-state index contributed by atoms with van der Waals surface area (Å²) >= 11 is 0. The number of carboxylic acids is 1. The van der Waals surface area contributed by atoms with Crippen LogP contribution in [-0.2, 0) is 11.3 Å². The van der Waals surface area contributed by atoms with Crippen LogP contribution in [-0.4, -0.2) is 38.6 Å². The van der Waals surface area contributed by atoms with Gasteiger partial charge in [-0.25, -0.2) is 4.98 Å². The van der Waals surface area contributed by atoms with E-state index in [9.17, 15) is 9.90 Å². The fourth-order valence-corrected chi connectivity index (χ4v) is 3.60. The minimum absolute atomic E-state index is 0.376. The second-order valence-corrected chi connectivity index (χ2v) is 5.89. The maximum atomic E-state index is 11.4. The number of piperidine rings is 1. The zero-order valence-corrected chi connectivity index (χ0v) is 12.1. The highest BCUT2D eigenvalue weighted by atomic mass is 16.4. The number of hydrogen-bond donors (Lipinski definition) is 1. The molecule has 2 aliphatic heterocycles. The monoisotopic (exact) mass is 277 g/mol. The van der Waals surface area contributed by atoms with Gasteiger partial charge in [-0.05, 0) is 38.8 Å². The van der Waals surface area contributed by atoms with E-state index in [-0.39, 0.29) is 0 Å². The number of imidazole rings is 1. The molecule has 0 bridgehead atoms. The van der Waals surface area contributed by atoms with E-state index in [1.165, 1.54) is 12.8 Å². The molecule has 1 aromatic heterocycles. The van der Waals surface area contributed by atoms with Crippen molar-refractivity contribution >= 4 is 5.97 Å². The van der Waals surface area contributed by atoms with Crippen molar-refractivity contribution in [2.45, 2.75) is 57.5 Å². The van der Waals surface area contributed by atoms with E-state index in [1.807, 2.05) is 0 Å². The lowest BCUT2D eigenvalue weighted by molar-refractivity contribution is -0.139. The van der Waals surface area contributed by atoms with Gasteiger partial charge >= 0.3 is 5.97 Å². The topological polar surface area (TPSA) is 58.4 Å². The van der Waals surface area contributed by atoms with Crippen molar-refractivity contribution in [1.29, 1.82) is 0 Å². The summed E-state index contributed by atoms with van der Waals surface area (Å²) in [5.74, 6) is -0.393. The Hall–Kier alpha value is -1.36. The molecule has 5 heteroatoms. The average Bonchev–Trinajstić information content (AvgIpc) is 2.90. The van der Waals surface area contributed by atoms with Crippen LogP contribution in [0.1, 0.15) is 62.5 Å². The van der Waals surface area contributed by atoms with Crippen LogP contribution in [0.2, 0.25) is 0 Å². The summed E-state index contributed by atoms with van der Waals surface area (Å²) in [6.45, 7) is 5.26. The number of aromatic nitrogens is 2. The number of aliphatic carboxylic acids is 1. The van der Waals surface area contributed by atoms with Gasteiger partial charge < -0.3 is 9.67 Å². The number of carbonyl (C=O) groups is 1. The SMILES string of the molecule is CCN1CCCCC1c1cn2c(n1)C(C(=O)O)CCC2. The molecule has 20 heavy (non-hydrogen) atoms. The number of nitrogens with zero attached hydrogens (tertiary/aromatic N) is 3. The highest BCUT2D eigenvalue weighted by Crippen LogP contribution is 2.33. The maximum Gasteiger partial charge on any atom is 0.314 e. The Kier molecular flexibility index (Phi) is 3.78. The molecule has 0 spiro atoms. The van der Waals surface area contributed by atoms with Gasteiger partial charge in [0, 0.05) is 12.7 Å². The minimum Gasteiger partial charge on any atom is -0.481 e. The van der Waals surface area contributed by atoms with Crippen LogP contribution >= 0.6 is 0 Å². The minimum atomic E-state index is -0.737. The first-order valence-electron chi connectivity index (χ1n) is 7.74. The first-order chi connectivity index (χ1) is 9.70. The Balaban J connectivity index is 1.90. The van der Waals surface area contributed by atoms with Crippen LogP contribution in [0.4, 0.5) is 0 Å². The van der Waals surface area contributed by atoms with E-state index >= 15 is 0 Å². The Morgan fingerprint density at radius 1 is 1.35 bits per heavy atom. The van der Waals surface area contributed by atoms with Gasteiger partial charge in [0.2, 0.25) is 0 Å². The van der Waals surface area contributed by atoms with Gasteiger partial charge in [0.25, 0.3) is 0 Å². The summed E-state index contributed by atoms with van der Waals surface area (Å²) in [6, 6.07) is 0.376. The van der Waals surface area contributed by atoms with Crippen molar-refractivity contribution in [2.75, 3.05) is 13.1 Å². The second kappa shape index (κ2) is 5.56. The molecular weight excluding hydrogens is 254 g/mol. The van der Waals surface area contributed by atoms with Crippen LogP contribution in [0, 0.1) is 0 Å². The van der Waals surface area contributed by atoms with E-state index in [4.69, 9.17) is 4.98 Å². The predicted octanol–water partition coefficient (Wildman–Crippen LogP) is 2.39. The molecule has 0 saturated carbocycles. The van der Waals surface area contributed by atoms with E-state index in [0.717, 1.165) is 44.0 Å². The fraction of sp³-hybridized carbons (Fsp3) is 0.733. The van der Waals surface area contributed by atoms with Crippen molar-refractivity contribution in [2.24, 2.45) is 0 Å². The smallest absolute Gasteiger partial charge is 0.314 e. The lowest BCUT2D eigenvalue weighted by atomic mass is 9.99. The average molecular weight is 277 g/mol. The fourth-order valence-electron chi connectivity index (χ4n) is 3.60. The molecule has 2 aliphatic rings. The molecule has 1 fully saturated rings. The number of aryl methyl sites for hydroxylation is 1. The van der Waals surface area contributed by atoms with E-state index < -0.39 is 11.9 Å². The Bertz CT molecular complexity index is 497. The Labute approximate surface area is 119 Å². The zero-order chi connectivity index (χ0) is 14.1. The molecule has 0 amide bonds. The second-order valence-electron chi connectivity index (χ2n) is 5.89. The van der Waals surface area contributed by atoms with Crippen LogP contribution in [0.3, 0.4) is 0 Å². The molecule has 2 unspecified atom stereocenters. The maximum absolute atomic E-state index is 11.4. The van der Waals surface area contributed by atoms with Crippen LogP contribution in [0.25, 0.3) is 0 Å². The third-order valence-electron chi connectivity index (χ3n) is 4.69. The van der Waals surface area contributed by atoms with Crippen LogP contribution in [0.5, 0.6) is 0 Å². The molecule has 1 saturated heterocycles. The molecule has 3 heterocycles. The molecule has 0 radical (unpaired) electrons. The van der Waals surface area contributed by atoms with E-state index in [1.54, 1.807) is 0 Å². The van der Waals surface area contributed by atoms with Gasteiger partial charge in [0.15, 0.2) is 0 Å². The molecule has 1 N–H and O–H groups in total. The lowest BCUT2D eigenvalue weighted by Gasteiger charge is -2.33. The number of hydrogen-bond acceptors (Lipinski definition) is 3. The van der Waals surface area contributed by atoms with Gasteiger partial charge in [0.05, 0.1) is 11.7 Å². The van der Waals surface area contributed by atoms with Gasteiger partial charge in [-0.3, -0.25) is 9.69 Å². The molecular formula is C15H23N3O2. The first kappa shape index (κ1) is 13.6. The summed E-state index contributed by atoms with van der Waals surface area (Å²) in [4.78, 5) is 18.5. The van der Waals surface area contributed by atoms with Crippen molar-refractivity contribution < 1.29 is 9.90 Å². The van der Waals surface area contributed by atoms with Gasteiger partial charge in [-0.1, -0.05) is 13.3 Å². The third-order valence-corrected chi connectivity index (χ3v) is 4.69. The summed E-state index contributed by atoms with van der Waals surface area (Å²) < 4.78 is 2.07. The highest BCUT2D eigenvalue weighted by Gasteiger charge is 2.32. The van der Waals surface area contributed by atoms with Crippen molar-refractivity contribution in [1.82, 2.24) is 14.5 Å². The summed E-state index contributed by atoms with van der Waals surface area (Å²) in [5, 5.41) is 9.34. The number of rotatable bonds is 3. The van der Waals surface area contributed by atoms with Crippen LogP contribution < -0.4 is 0 Å². The standard InChI is InChI=1S/C15H23N3O2/c1-2-17-8-4-3-7-13(17)12-10-18-9-5-6-11(15(19)20)14(18)16-12/h10-11,13H,2-9H2,1H3,(H,19,20). The number of carboxylic acid groups (broad SMARTS) is 1. The summed E-state index contributed by atoms with van der Waals surface area (Å²) in [7, 11) is 0. The number of fused-ring (bicyclic) bond motifs is 1.